The van der Waals surface area contributed by atoms with Crippen LogP contribution in [-0.2, 0) is 9.53 Å². The van der Waals surface area contributed by atoms with Gasteiger partial charge in [0.15, 0.2) is 5.78 Å². The van der Waals surface area contributed by atoms with Crippen molar-refractivity contribution in [3.05, 3.63) is 33.5 Å². The minimum Gasteiger partial charge on any atom is -0.369 e. The zero-order valence-electron chi connectivity index (χ0n) is 15.4. The Kier molecular flexibility index (Phi) is 6.93. The van der Waals surface area contributed by atoms with Gasteiger partial charge in [-0.2, -0.15) is 0 Å². The number of ether oxygens (including phenoxy) is 1. The van der Waals surface area contributed by atoms with Gasteiger partial charge in [0.05, 0.1) is 23.1 Å². The third-order valence-electron chi connectivity index (χ3n) is 4.52. The van der Waals surface area contributed by atoms with Crippen molar-refractivity contribution >= 4 is 23.0 Å². The van der Waals surface area contributed by atoms with Gasteiger partial charge in [-0.25, -0.2) is 0 Å². The van der Waals surface area contributed by atoms with Gasteiger partial charge in [-0.3, -0.25) is 9.59 Å². The van der Waals surface area contributed by atoms with Crippen LogP contribution in [0.4, 0.5) is 0 Å². The van der Waals surface area contributed by atoms with Crippen LogP contribution >= 0.6 is 11.3 Å². The van der Waals surface area contributed by atoms with Crippen molar-refractivity contribution in [3.63, 3.8) is 0 Å². The Bertz CT molecular complexity index is 649. The van der Waals surface area contributed by atoms with E-state index in [-0.39, 0.29) is 29.9 Å². The molecule has 0 fully saturated rings. The van der Waals surface area contributed by atoms with E-state index in [0.29, 0.717) is 12.0 Å². The molecule has 5 nitrogen and oxygen atoms in total. The Labute approximate surface area is 153 Å². The summed E-state index contributed by atoms with van der Waals surface area (Å²) in [6, 6.07) is 3.12. The van der Waals surface area contributed by atoms with Gasteiger partial charge in [0, 0.05) is 23.4 Å². The fourth-order valence-electron chi connectivity index (χ4n) is 3.13. The monoisotopic (exact) mass is 364 g/mol. The number of carbonyl (C=O) groups is 2. The van der Waals surface area contributed by atoms with Crippen LogP contribution in [0.1, 0.15) is 54.6 Å². The van der Waals surface area contributed by atoms with Crippen molar-refractivity contribution in [1.82, 2.24) is 5.32 Å². The van der Waals surface area contributed by atoms with E-state index in [2.05, 4.69) is 19.2 Å². The third kappa shape index (κ3) is 5.00. The van der Waals surface area contributed by atoms with Gasteiger partial charge in [-0.1, -0.05) is 13.8 Å². The van der Waals surface area contributed by atoms with E-state index in [1.165, 1.54) is 18.3 Å². The van der Waals surface area contributed by atoms with Crippen LogP contribution in [0.25, 0.3) is 0 Å². The van der Waals surface area contributed by atoms with Crippen molar-refractivity contribution in [2.24, 2.45) is 5.73 Å². The molecule has 1 aliphatic rings. The van der Waals surface area contributed by atoms with E-state index in [1.807, 2.05) is 25.1 Å². The molecule has 1 amide bonds. The number of ketones is 1. The van der Waals surface area contributed by atoms with Crippen LogP contribution in [0, 0.1) is 6.92 Å². The number of amides is 1. The summed E-state index contributed by atoms with van der Waals surface area (Å²) in [5.74, 6) is -0.136. The molecule has 1 aliphatic carbocycles. The molecule has 25 heavy (non-hydrogen) atoms. The van der Waals surface area contributed by atoms with Crippen LogP contribution in [0.3, 0.4) is 0 Å². The van der Waals surface area contributed by atoms with E-state index in [4.69, 9.17) is 10.5 Å². The summed E-state index contributed by atoms with van der Waals surface area (Å²) in [7, 11) is 0. The van der Waals surface area contributed by atoms with Crippen LogP contribution in [0.5, 0.6) is 0 Å². The quantitative estimate of drug-likeness (QED) is 0.729. The largest absolute Gasteiger partial charge is 0.369 e. The lowest BCUT2D eigenvalue weighted by Gasteiger charge is -2.36. The first kappa shape index (κ1) is 19.8. The molecule has 2 rings (SSSR count). The Balaban J connectivity index is 2.29. The highest BCUT2D eigenvalue weighted by molar-refractivity contribution is 7.14. The van der Waals surface area contributed by atoms with E-state index >= 15 is 0 Å². The number of nitrogens with two attached hydrogens (primary N) is 1. The molecule has 3 N–H and O–H groups in total. The van der Waals surface area contributed by atoms with E-state index in [0.717, 1.165) is 22.6 Å². The maximum atomic E-state index is 12.8. The summed E-state index contributed by atoms with van der Waals surface area (Å²) in [6.07, 6.45) is 3.72. The summed E-state index contributed by atoms with van der Waals surface area (Å²) in [6.45, 7) is 7.58. The van der Waals surface area contributed by atoms with Gasteiger partial charge in [0.2, 0.25) is 5.91 Å². The van der Waals surface area contributed by atoms with Crippen LogP contribution < -0.4 is 11.1 Å². The summed E-state index contributed by atoms with van der Waals surface area (Å²) in [5, 5.41) is 2.90. The van der Waals surface area contributed by atoms with Crippen LogP contribution in [0.15, 0.2) is 23.8 Å². The molecule has 0 saturated heterocycles. The van der Waals surface area contributed by atoms with Gasteiger partial charge in [-0.05, 0) is 44.4 Å². The second-order valence-corrected chi connectivity index (χ2v) is 7.85. The molecule has 0 aliphatic heterocycles. The Morgan fingerprint density at radius 1 is 1.36 bits per heavy atom. The number of rotatable bonds is 7. The molecule has 1 aromatic heterocycles. The van der Waals surface area contributed by atoms with Crippen LogP contribution in [-0.4, -0.2) is 36.0 Å². The fraction of sp³-hybridized carbons (Fsp3) is 0.579. The van der Waals surface area contributed by atoms with Crippen molar-refractivity contribution in [2.75, 3.05) is 0 Å². The maximum absolute atomic E-state index is 12.8. The second kappa shape index (κ2) is 8.74. The molecule has 0 aromatic carbocycles. The molecule has 1 aromatic rings. The minimum absolute atomic E-state index is 0.00738. The van der Waals surface area contributed by atoms with Crippen molar-refractivity contribution in [1.29, 1.82) is 0 Å². The number of nitrogens with one attached hydrogen (secondary N) is 1. The lowest BCUT2D eigenvalue weighted by Crippen LogP contribution is -2.57. The average Bonchev–Trinajstić information content (AvgIpc) is 3.00. The molecular weight excluding hydrogens is 336 g/mol. The standard InChI is InChI=1S/C19H28N2O3S/c1-5-14(6-2)24-16-10-13(9-15(20)18(16)21-12(4)22)19(23)17-8-7-11(3)25-17/h7-8,10,14-16,18H,5-6,9,20H2,1-4H3,(H,21,22)/t15-,16+,18+/m0/s1. The minimum atomic E-state index is -0.391. The lowest BCUT2D eigenvalue weighted by molar-refractivity contribution is -0.121. The summed E-state index contributed by atoms with van der Waals surface area (Å²) in [5.41, 5.74) is 6.98. The lowest BCUT2D eigenvalue weighted by atomic mass is 9.86. The van der Waals surface area contributed by atoms with Crippen molar-refractivity contribution in [3.8, 4) is 0 Å². The molecule has 3 atom stereocenters. The van der Waals surface area contributed by atoms with Gasteiger partial charge in [-0.15, -0.1) is 11.3 Å². The Hall–Kier alpha value is -1.50. The van der Waals surface area contributed by atoms with E-state index in [9.17, 15) is 9.59 Å². The van der Waals surface area contributed by atoms with Crippen LogP contribution in [0.2, 0.25) is 0 Å². The number of aryl methyl sites for hydroxylation is 1. The SMILES string of the molecule is CCC(CC)O[C@@H]1C=C(C(=O)c2ccc(C)s2)C[C@H](N)[C@H]1NC(C)=O. The van der Waals surface area contributed by atoms with E-state index in [1.54, 1.807) is 0 Å². The van der Waals surface area contributed by atoms with Crippen molar-refractivity contribution in [2.45, 2.75) is 71.2 Å². The van der Waals surface area contributed by atoms with Gasteiger partial charge in [0.1, 0.15) is 0 Å². The molecule has 0 saturated carbocycles. The predicted octanol–water partition coefficient (Wildman–Crippen LogP) is 2.98. The maximum Gasteiger partial charge on any atom is 0.217 e. The van der Waals surface area contributed by atoms with Gasteiger partial charge < -0.3 is 15.8 Å². The Morgan fingerprint density at radius 3 is 2.56 bits per heavy atom. The predicted molar refractivity (Wildman–Crippen MR) is 101 cm³/mol. The third-order valence-corrected chi connectivity index (χ3v) is 5.52. The molecule has 138 valence electrons. The molecule has 0 unspecified atom stereocenters. The summed E-state index contributed by atoms with van der Waals surface area (Å²) < 4.78 is 6.18. The normalized spacial score (nSPS) is 23.4. The van der Waals surface area contributed by atoms with Gasteiger partial charge in [0.25, 0.3) is 0 Å². The zero-order chi connectivity index (χ0) is 18.6. The molecule has 6 heteroatoms. The smallest absolute Gasteiger partial charge is 0.217 e. The highest BCUT2D eigenvalue weighted by atomic mass is 32.1. The molecule has 0 radical (unpaired) electrons. The zero-order valence-corrected chi connectivity index (χ0v) is 16.2. The van der Waals surface area contributed by atoms with E-state index < -0.39 is 6.10 Å². The molecule has 0 bridgehead atoms. The fourth-order valence-corrected chi connectivity index (χ4v) is 3.97. The number of thiophene rings is 1. The number of hydrogen-bond acceptors (Lipinski definition) is 5. The first-order valence-electron chi connectivity index (χ1n) is 8.85. The topological polar surface area (TPSA) is 81.4 Å². The van der Waals surface area contributed by atoms with Crippen molar-refractivity contribution < 1.29 is 14.3 Å². The number of carbonyl (C=O) groups excluding carboxylic acids is 2. The first-order valence-corrected chi connectivity index (χ1v) is 9.67. The average molecular weight is 365 g/mol. The first-order chi connectivity index (χ1) is 11.8. The number of hydrogen-bond donors (Lipinski definition) is 2. The summed E-state index contributed by atoms with van der Waals surface area (Å²) in [4.78, 5) is 26.2. The highest BCUT2D eigenvalue weighted by Gasteiger charge is 2.35. The highest BCUT2D eigenvalue weighted by Crippen LogP contribution is 2.27. The number of Topliss-reactive ketones (excluding diaryl/α,β-unsaturated/α-hetero) is 1. The Morgan fingerprint density at radius 2 is 2.04 bits per heavy atom. The molecular formula is C19H28N2O3S. The second-order valence-electron chi connectivity index (χ2n) is 6.56. The molecule has 0 spiro atoms. The molecule has 1 heterocycles. The summed E-state index contributed by atoms with van der Waals surface area (Å²) >= 11 is 1.48. The van der Waals surface area contributed by atoms with Gasteiger partial charge >= 0.3 is 0 Å².